The van der Waals surface area contributed by atoms with Crippen molar-refractivity contribution >= 4 is 36.2 Å². The van der Waals surface area contributed by atoms with Crippen molar-refractivity contribution in [2.45, 2.75) is 145 Å². The molecule has 0 aromatic heterocycles. The Kier molecular flexibility index (Phi) is 7.94. The average Bonchev–Trinajstić information content (AvgIpc) is 2.72. The third kappa shape index (κ3) is 5.32. The molecule has 234 valence electrons. The molecule has 0 radical (unpaired) electrons. The number of benzene rings is 1. The summed E-state index contributed by atoms with van der Waals surface area (Å²) >= 11 is 0. The van der Waals surface area contributed by atoms with Crippen LogP contribution >= 0.6 is 0 Å². The van der Waals surface area contributed by atoms with Crippen LogP contribution in [-0.4, -0.2) is 30.6 Å². The summed E-state index contributed by atoms with van der Waals surface area (Å²) in [5, 5.41) is 0. The molecule has 1 aliphatic heterocycles. The molecule has 1 aromatic rings. The first-order valence-corrected chi connectivity index (χ1v) is 31.8. The van der Waals surface area contributed by atoms with Gasteiger partial charge in [-0.2, -0.15) is 0 Å². The van der Waals surface area contributed by atoms with E-state index in [2.05, 4.69) is 118 Å². The summed E-state index contributed by atoms with van der Waals surface area (Å²) < 4.78 is 7.70. The summed E-state index contributed by atoms with van der Waals surface area (Å²) in [4.78, 5) is 0. The van der Waals surface area contributed by atoms with Gasteiger partial charge in [-0.3, -0.25) is 0 Å². The molecule has 4 saturated carbocycles. The molecule has 1 nitrogen and oxygen atoms in total. The van der Waals surface area contributed by atoms with Gasteiger partial charge in [0, 0.05) is 26.1 Å². The molecule has 4 aliphatic carbocycles. The van der Waals surface area contributed by atoms with Gasteiger partial charge >= 0.3 is 0 Å². The van der Waals surface area contributed by atoms with Gasteiger partial charge in [-0.1, -0.05) is 83.4 Å². The van der Waals surface area contributed by atoms with Gasteiger partial charge in [0.1, 0.15) is 0 Å². The van der Waals surface area contributed by atoms with Crippen LogP contribution < -0.4 is 0 Å². The van der Waals surface area contributed by atoms with Gasteiger partial charge in [0.05, 0.1) is 12.9 Å². The minimum atomic E-state index is -1.86. The largest absolute Gasteiger partial charge is 0.547 e. The lowest BCUT2D eigenvalue weighted by Crippen LogP contribution is -2.77. The lowest BCUT2D eigenvalue weighted by molar-refractivity contribution is -0.0504. The monoisotopic (exact) mass is 636 g/mol. The molecule has 6 rings (SSSR count). The van der Waals surface area contributed by atoms with Crippen molar-refractivity contribution in [3.63, 3.8) is 0 Å². The van der Waals surface area contributed by atoms with Crippen LogP contribution in [0.3, 0.4) is 0 Å². The maximum absolute atomic E-state index is 7.70. The standard InChI is InChI=1S/C37H64OSi4/c1-25-16-26(2)32(27(3)17-25)31-24-42(40(10,11)12,41(13,14)15)34(31)33(36(4,5)6)35(38-39(7,8)9)37-21-28-18-29(22-37)20-30(19-28)23-37/h16-17,24,28-30,34H,18-23H2,1-15H3/b35-33-. The molecule has 0 spiro atoms. The minimum Gasteiger partial charge on any atom is -0.547 e. The number of aryl methyl sites for hydroxylation is 3. The van der Waals surface area contributed by atoms with E-state index in [0.29, 0.717) is 5.54 Å². The summed E-state index contributed by atoms with van der Waals surface area (Å²) in [6, 6.07) is 4.90. The Morgan fingerprint density at radius 2 is 1.19 bits per heavy atom. The molecule has 1 aromatic carbocycles. The molecular weight excluding hydrogens is 573 g/mol. The van der Waals surface area contributed by atoms with Crippen LogP contribution in [0.15, 0.2) is 29.2 Å². The van der Waals surface area contributed by atoms with E-state index in [-0.39, 0.29) is 10.8 Å². The molecule has 4 fully saturated rings. The lowest BCUT2D eigenvalue weighted by Gasteiger charge is -2.64. The zero-order valence-electron chi connectivity index (χ0n) is 30.2. The topological polar surface area (TPSA) is 9.23 Å². The molecular formula is C37H64OSi4. The van der Waals surface area contributed by atoms with Crippen molar-refractivity contribution in [3.8, 4) is 0 Å². The zero-order chi connectivity index (χ0) is 31.4. The van der Waals surface area contributed by atoms with E-state index in [9.17, 15) is 0 Å². The molecule has 0 N–H and O–H groups in total. The fourth-order valence-electron chi connectivity index (χ4n) is 11.3. The van der Waals surface area contributed by atoms with Gasteiger partial charge in [-0.05, 0) is 130 Å². The first-order chi connectivity index (χ1) is 19.0. The molecule has 1 atom stereocenters. The number of rotatable bonds is 7. The third-order valence-corrected chi connectivity index (χ3v) is 50.9. The van der Waals surface area contributed by atoms with Crippen LogP contribution in [0.25, 0.3) is 5.57 Å². The van der Waals surface area contributed by atoms with Gasteiger partial charge in [-0.15, -0.1) is 0 Å². The van der Waals surface area contributed by atoms with Crippen LogP contribution in [0, 0.1) is 49.4 Å². The Labute approximate surface area is 264 Å². The third-order valence-electron chi connectivity index (χ3n) is 11.9. The van der Waals surface area contributed by atoms with Crippen molar-refractivity contribution in [2.24, 2.45) is 28.6 Å². The summed E-state index contributed by atoms with van der Waals surface area (Å²) in [5.41, 5.74) is 13.4. The second kappa shape index (κ2) is 10.2. The van der Waals surface area contributed by atoms with Crippen LogP contribution in [0.2, 0.25) is 64.5 Å². The molecule has 5 heteroatoms. The SMILES string of the molecule is Cc1cc(C)c(C2=C[Si]([Si](C)(C)C)([Si](C)(C)C)C2/C(=C(/O[Si](C)(C)C)C23CC4CC(CC(C4)C2)C3)C(C)(C)C)c(C)c1. The second-order valence-corrected chi connectivity index (χ2v) is 51.1. The van der Waals surface area contributed by atoms with Gasteiger partial charge in [0.15, 0.2) is 0 Å². The van der Waals surface area contributed by atoms with E-state index in [0.717, 1.165) is 17.8 Å². The Morgan fingerprint density at radius 3 is 1.55 bits per heavy atom. The zero-order valence-corrected chi connectivity index (χ0v) is 34.2. The quantitative estimate of drug-likeness (QED) is 0.214. The van der Waals surface area contributed by atoms with E-state index in [4.69, 9.17) is 4.43 Å². The molecule has 4 bridgehead atoms. The van der Waals surface area contributed by atoms with E-state index < -0.39 is 30.6 Å². The van der Waals surface area contributed by atoms with Crippen LogP contribution in [0.4, 0.5) is 0 Å². The predicted molar refractivity (Wildman–Crippen MR) is 196 cm³/mol. The molecule has 42 heavy (non-hydrogen) atoms. The van der Waals surface area contributed by atoms with Crippen molar-refractivity contribution in [2.75, 3.05) is 0 Å². The molecule has 1 heterocycles. The maximum atomic E-state index is 7.70. The van der Waals surface area contributed by atoms with Crippen molar-refractivity contribution < 1.29 is 4.43 Å². The second-order valence-electron chi connectivity index (χ2n) is 19.6. The maximum Gasteiger partial charge on any atom is 0.241 e. The van der Waals surface area contributed by atoms with E-state index in [1.165, 1.54) is 55.2 Å². The number of allylic oxidation sites excluding steroid dienone is 3. The number of hydrogen-bond donors (Lipinski definition) is 0. The van der Waals surface area contributed by atoms with Gasteiger partial charge in [-0.25, -0.2) is 0 Å². The Bertz CT molecular complexity index is 1230. The predicted octanol–water partition coefficient (Wildman–Crippen LogP) is 11.6. The molecule has 5 aliphatic rings. The first kappa shape index (κ1) is 32.8. The molecule has 0 saturated heterocycles. The Balaban J connectivity index is 1.88. The highest BCUT2D eigenvalue weighted by Crippen LogP contribution is 2.68. The minimum absolute atomic E-state index is 0.0759. The lowest BCUT2D eigenvalue weighted by atomic mass is 9.48. The van der Waals surface area contributed by atoms with Crippen LogP contribution in [0.5, 0.6) is 0 Å². The van der Waals surface area contributed by atoms with Gasteiger partial charge in [0.25, 0.3) is 0 Å². The smallest absolute Gasteiger partial charge is 0.241 e. The van der Waals surface area contributed by atoms with Crippen molar-refractivity contribution in [1.82, 2.24) is 0 Å². The van der Waals surface area contributed by atoms with Crippen LogP contribution in [0.1, 0.15) is 81.5 Å². The van der Waals surface area contributed by atoms with Gasteiger partial charge in [0.2, 0.25) is 8.32 Å². The van der Waals surface area contributed by atoms with Gasteiger partial charge < -0.3 is 4.43 Å². The van der Waals surface area contributed by atoms with E-state index >= 15 is 0 Å². The highest BCUT2D eigenvalue weighted by atomic mass is 29.6. The van der Waals surface area contributed by atoms with Crippen molar-refractivity contribution in [1.29, 1.82) is 0 Å². The van der Waals surface area contributed by atoms with E-state index in [1.54, 1.807) is 22.5 Å². The fourth-order valence-corrected chi connectivity index (χ4v) is 57.0. The van der Waals surface area contributed by atoms with Crippen molar-refractivity contribution in [3.05, 3.63) is 51.4 Å². The van der Waals surface area contributed by atoms with Crippen LogP contribution in [-0.2, 0) is 4.43 Å². The first-order valence-electron chi connectivity index (χ1n) is 17.2. The number of hydrogen-bond acceptors (Lipinski definition) is 1. The fraction of sp³-hybridized carbons (Fsp3) is 0.730. The average molecular weight is 637 g/mol. The van der Waals surface area contributed by atoms with E-state index in [1.807, 2.05) is 0 Å². The highest BCUT2D eigenvalue weighted by Gasteiger charge is 2.67. The summed E-state index contributed by atoms with van der Waals surface area (Å²) in [5.74, 6) is 4.32. The molecule has 0 amide bonds. The summed E-state index contributed by atoms with van der Waals surface area (Å²) in [6.07, 6.45) is 8.64. The normalized spacial score (nSPS) is 31.5. The Hall–Kier alpha value is -0.632. The molecule has 1 unspecified atom stereocenters. The Morgan fingerprint density at radius 1 is 0.762 bits per heavy atom. The summed E-state index contributed by atoms with van der Waals surface area (Å²) in [6.45, 7) is 38.6. The summed E-state index contributed by atoms with van der Waals surface area (Å²) in [7, 11) is -6.73. The highest BCUT2D eigenvalue weighted by molar-refractivity contribution is 7.72.